The van der Waals surface area contributed by atoms with Gasteiger partial charge in [-0.05, 0) is 0 Å². The van der Waals surface area contributed by atoms with Gasteiger partial charge in [-0.25, -0.2) is 0 Å². The van der Waals surface area contributed by atoms with Gasteiger partial charge < -0.3 is 45.2 Å². The normalized spacial score (nSPS) is 52.6. The highest BCUT2D eigenvalue weighted by Crippen LogP contribution is 2.39. The Bertz CT molecular complexity index is 414. The third-order valence-corrected chi connectivity index (χ3v) is 5.31. The SMILES string of the molecule is OC[C@H]1O[C@](O)(C(Cl)[C@H]2O[C@H](CO)[C@H](Cl)[C@H](O)[C@H]2O)[C@@H](O)[C@@H]1O. The second-order valence-electron chi connectivity index (χ2n) is 5.68. The minimum absolute atomic E-state index is 0.582. The minimum Gasteiger partial charge on any atom is -0.394 e. The lowest BCUT2D eigenvalue weighted by Gasteiger charge is -2.44. The number of aliphatic hydroxyl groups excluding tert-OH is 6. The van der Waals surface area contributed by atoms with E-state index in [-0.39, 0.29) is 0 Å². The van der Waals surface area contributed by atoms with Gasteiger partial charge in [0.15, 0.2) is 0 Å². The Balaban J connectivity index is 2.23. The second kappa shape index (κ2) is 7.22. The summed E-state index contributed by atoms with van der Waals surface area (Å²) in [5, 5.41) is 65.6. The average Bonchev–Trinajstić information content (AvgIpc) is 2.77. The van der Waals surface area contributed by atoms with E-state index in [0.717, 1.165) is 0 Å². The van der Waals surface area contributed by atoms with Crippen LogP contribution in [0.1, 0.15) is 0 Å². The fourth-order valence-electron chi connectivity index (χ4n) is 2.78. The van der Waals surface area contributed by atoms with Crippen LogP contribution in [0.3, 0.4) is 0 Å². The van der Waals surface area contributed by atoms with Crippen molar-refractivity contribution in [3.05, 3.63) is 0 Å². The van der Waals surface area contributed by atoms with Crippen LogP contribution in [-0.4, -0.2) is 108 Å². The summed E-state index contributed by atoms with van der Waals surface area (Å²) in [5.41, 5.74) is 0. The van der Waals surface area contributed by atoms with Crippen molar-refractivity contribution in [3.8, 4) is 0 Å². The molecule has 0 aromatic heterocycles. The van der Waals surface area contributed by atoms with E-state index in [2.05, 4.69) is 0 Å². The van der Waals surface area contributed by atoms with E-state index < -0.39 is 72.5 Å². The zero-order valence-corrected chi connectivity index (χ0v) is 13.3. The highest BCUT2D eigenvalue weighted by Gasteiger charge is 2.61. The van der Waals surface area contributed by atoms with E-state index in [4.69, 9.17) is 37.8 Å². The summed E-state index contributed by atoms with van der Waals surface area (Å²) in [4.78, 5) is 0. The standard InChI is InChI=1S/C12H20Cl2O9/c13-5-3(1-15)22-9(8(19)7(5)18)10(14)12(21)11(20)6(17)4(2-16)23-12/h3-11,15-21H,1-2H2/t3-,4-,5+,6-,7+,8-,9+,10?,11+,12-/m1/s1. The Morgan fingerprint density at radius 1 is 0.957 bits per heavy atom. The van der Waals surface area contributed by atoms with Crippen LogP contribution in [0.4, 0.5) is 0 Å². The first-order valence-corrected chi connectivity index (χ1v) is 7.84. The van der Waals surface area contributed by atoms with Gasteiger partial charge in [0.2, 0.25) is 5.79 Å². The van der Waals surface area contributed by atoms with Crippen LogP contribution in [0.15, 0.2) is 0 Å². The summed E-state index contributed by atoms with van der Waals surface area (Å²) in [6, 6.07) is 0. The molecule has 0 radical (unpaired) electrons. The molecule has 10 atom stereocenters. The Morgan fingerprint density at radius 2 is 1.52 bits per heavy atom. The minimum atomic E-state index is -2.56. The Morgan fingerprint density at radius 3 is 2.00 bits per heavy atom. The number of aliphatic hydroxyl groups is 7. The summed E-state index contributed by atoms with van der Waals surface area (Å²) < 4.78 is 10.3. The zero-order valence-electron chi connectivity index (χ0n) is 11.8. The quantitative estimate of drug-likeness (QED) is 0.246. The molecule has 2 rings (SSSR count). The maximum Gasteiger partial charge on any atom is 0.214 e. The van der Waals surface area contributed by atoms with Crippen LogP contribution >= 0.6 is 23.2 Å². The van der Waals surface area contributed by atoms with Crippen molar-refractivity contribution in [2.24, 2.45) is 0 Å². The molecule has 2 heterocycles. The predicted molar refractivity (Wildman–Crippen MR) is 76.0 cm³/mol. The van der Waals surface area contributed by atoms with Gasteiger partial charge in [-0.3, -0.25) is 0 Å². The molecule has 1 unspecified atom stereocenters. The van der Waals surface area contributed by atoms with Crippen molar-refractivity contribution >= 4 is 23.2 Å². The van der Waals surface area contributed by atoms with Gasteiger partial charge in [0.1, 0.15) is 48.1 Å². The summed E-state index contributed by atoms with van der Waals surface area (Å²) in [5.74, 6) is -2.56. The molecular formula is C12H20Cl2O9. The van der Waals surface area contributed by atoms with Crippen LogP contribution in [0.25, 0.3) is 0 Å². The number of alkyl halides is 2. The van der Waals surface area contributed by atoms with Crippen LogP contribution in [-0.2, 0) is 9.47 Å². The van der Waals surface area contributed by atoms with Gasteiger partial charge in [0.05, 0.1) is 18.6 Å². The first-order chi connectivity index (χ1) is 10.7. The van der Waals surface area contributed by atoms with Gasteiger partial charge in [0, 0.05) is 0 Å². The van der Waals surface area contributed by atoms with Crippen molar-refractivity contribution in [2.75, 3.05) is 13.2 Å². The third-order valence-electron chi connectivity index (χ3n) is 4.21. The topological polar surface area (TPSA) is 160 Å². The van der Waals surface area contributed by atoms with Crippen LogP contribution in [0.5, 0.6) is 0 Å². The molecule has 0 spiro atoms. The molecule has 11 heteroatoms. The molecular weight excluding hydrogens is 359 g/mol. The van der Waals surface area contributed by atoms with E-state index in [1.54, 1.807) is 0 Å². The molecule has 0 bridgehead atoms. The molecule has 0 amide bonds. The van der Waals surface area contributed by atoms with E-state index >= 15 is 0 Å². The Labute approximate surface area is 141 Å². The maximum absolute atomic E-state index is 10.4. The number of hydrogen-bond acceptors (Lipinski definition) is 9. The fraction of sp³-hybridized carbons (Fsp3) is 1.00. The van der Waals surface area contributed by atoms with Crippen molar-refractivity contribution in [1.29, 1.82) is 0 Å². The number of rotatable bonds is 4. The number of ether oxygens (including phenoxy) is 2. The highest BCUT2D eigenvalue weighted by molar-refractivity contribution is 6.22. The molecule has 7 N–H and O–H groups in total. The lowest BCUT2D eigenvalue weighted by molar-refractivity contribution is -0.264. The van der Waals surface area contributed by atoms with E-state index in [0.29, 0.717) is 0 Å². The molecule has 0 aliphatic carbocycles. The second-order valence-corrected chi connectivity index (χ2v) is 6.65. The first kappa shape index (κ1) is 19.5. The van der Waals surface area contributed by atoms with Crippen molar-refractivity contribution < 1.29 is 45.2 Å². The molecule has 136 valence electrons. The zero-order chi connectivity index (χ0) is 17.5. The van der Waals surface area contributed by atoms with Gasteiger partial charge in [-0.1, -0.05) is 0 Å². The summed E-state index contributed by atoms with van der Waals surface area (Å²) in [7, 11) is 0. The van der Waals surface area contributed by atoms with Crippen LogP contribution in [0.2, 0.25) is 0 Å². The lowest BCUT2D eigenvalue weighted by Crippen LogP contribution is -2.64. The summed E-state index contributed by atoms with van der Waals surface area (Å²) in [6.07, 6.45) is -10.5. The van der Waals surface area contributed by atoms with E-state index in [1.807, 2.05) is 0 Å². The molecule has 0 aromatic carbocycles. The van der Waals surface area contributed by atoms with Crippen molar-refractivity contribution in [2.45, 2.75) is 59.3 Å². The molecule has 2 aliphatic rings. The largest absolute Gasteiger partial charge is 0.394 e. The van der Waals surface area contributed by atoms with Crippen molar-refractivity contribution in [3.63, 3.8) is 0 Å². The molecule has 0 aromatic rings. The van der Waals surface area contributed by atoms with E-state index in [9.17, 15) is 30.6 Å². The Hall–Kier alpha value is 0.220. The van der Waals surface area contributed by atoms with E-state index in [1.165, 1.54) is 0 Å². The number of hydrogen-bond donors (Lipinski definition) is 7. The maximum atomic E-state index is 10.4. The smallest absolute Gasteiger partial charge is 0.214 e. The molecule has 2 aliphatic heterocycles. The highest BCUT2D eigenvalue weighted by atomic mass is 35.5. The van der Waals surface area contributed by atoms with Crippen molar-refractivity contribution in [1.82, 2.24) is 0 Å². The number of halogens is 2. The molecule has 9 nitrogen and oxygen atoms in total. The molecule has 2 fully saturated rings. The average molecular weight is 379 g/mol. The Kier molecular flexibility index (Phi) is 6.14. The van der Waals surface area contributed by atoms with Crippen LogP contribution < -0.4 is 0 Å². The monoisotopic (exact) mass is 378 g/mol. The molecule has 2 saturated heterocycles. The van der Waals surface area contributed by atoms with Crippen LogP contribution in [0, 0.1) is 0 Å². The third kappa shape index (κ3) is 3.21. The van der Waals surface area contributed by atoms with Gasteiger partial charge >= 0.3 is 0 Å². The van der Waals surface area contributed by atoms with Gasteiger partial charge in [0.25, 0.3) is 0 Å². The van der Waals surface area contributed by atoms with Gasteiger partial charge in [-0.15, -0.1) is 23.2 Å². The summed E-state index contributed by atoms with van der Waals surface area (Å²) >= 11 is 11.9. The lowest BCUT2D eigenvalue weighted by atomic mass is 9.90. The summed E-state index contributed by atoms with van der Waals surface area (Å²) in [6.45, 7) is -1.27. The molecule has 0 saturated carbocycles. The van der Waals surface area contributed by atoms with Gasteiger partial charge in [-0.2, -0.15) is 0 Å². The molecule has 23 heavy (non-hydrogen) atoms. The fourth-order valence-corrected chi connectivity index (χ4v) is 3.46. The predicted octanol–water partition coefficient (Wildman–Crippen LogP) is -3.52. The first-order valence-electron chi connectivity index (χ1n) is 6.96.